The average molecular weight is 461 g/mol. The monoisotopic (exact) mass is 460 g/mol. The number of rotatable bonds is 6. The van der Waals surface area contributed by atoms with E-state index in [1.165, 1.54) is 15.0 Å². The van der Waals surface area contributed by atoms with Crippen LogP contribution in [-0.4, -0.2) is 55.2 Å². The molecule has 0 spiro atoms. The van der Waals surface area contributed by atoms with Crippen molar-refractivity contribution in [2.45, 2.75) is 38.1 Å². The van der Waals surface area contributed by atoms with Gasteiger partial charge >= 0.3 is 0 Å². The lowest BCUT2D eigenvalue weighted by atomic mass is 10.0. The highest BCUT2D eigenvalue weighted by Gasteiger charge is 2.33. The standard InChI is InChI=1S/C26H28N4O2S/c1-17-16-29(10-11-30(17)24(31)9-12-32-2)26-20(15-27)13-21(25(28-26)18-7-8-18)23-14-19-5-3-4-6-22(19)33-23/h3-6,13-14,17-18H,7-12,16H2,1-2H3. The molecule has 0 bridgehead atoms. The maximum absolute atomic E-state index is 12.5. The smallest absolute Gasteiger partial charge is 0.225 e. The van der Waals surface area contributed by atoms with Crippen molar-refractivity contribution in [3.05, 3.63) is 47.7 Å². The van der Waals surface area contributed by atoms with Crippen molar-refractivity contribution in [1.29, 1.82) is 5.26 Å². The predicted octanol–water partition coefficient (Wildman–Crippen LogP) is 4.79. The molecule has 0 N–H and O–H groups in total. The first-order valence-electron chi connectivity index (χ1n) is 11.6. The van der Waals surface area contributed by atoms with E-state index in [0.29, 0.717) is 44.1 Å². The van der Waals surface area contributed by atoms with Crippen LogP contribution in [0.2, 0.25) is 0 Å². The lowest BCUT2D eigenvalue weighted by Gasteiger charge is -2.41. The lowest BCUT2D eigenvalue weighted by molar-refractivity contribution is -0.134. The van der Waals surface area contributed by atoms with Gasteiger partial charge in [0, 0.05) is 53.8 Å². The number of nitrogens with zero attached hydrogens (tertiary/aromatic N) is 4. The number of pyridine rings is 1. The molecule has 0 radical (unpaired) electrons. The van der Waals surface area contributed by atoms with Crippen LogP contribution in [0.4, 0.5) is 5.82 Å². The van der Waals surface area contributed by atoms with E-state index in [1.807, 2.05) is 11.0 Å². The molecule has 2 fully saturated rings. The summed E-state index contributed by atoms with van der Waals surface area (Å²) in [6, 6.07) is 15.1. The second kappa shape index (κ2) is 9.12. The van der Waals surface area contributed by atoms with Crippen LogP contribution in [0, 0.1) is 11.3 Å². The molecule has 1 aromatic carbocycles. The molecule has 1 amide bonds. The van der Waals surface area contributed by atoms with Gasteiger partial charge in [-0.2, -0.15) is 5.26 Å². The van der Waals surface area contributed by atoms with Gasteiger partial charge in [-0.05, 0) is 43.4 Å². The first-order chi connectivity index (χ1) is 16.1. The molecule has 1 saturated heterocycles. The zero-order valence-corrected chi connectivity index (χ0v) is 19.9. The number of methoxy groups -OCH3 is 1. The van der Waals surface area contributed by atoms with E-state index in [4.69, 9.17) is 9.72 Å². The fraction of sp³-hybridized carbons (Fsp3) is 0.423. The minimum absolute atomic E-state index is 0.0584. The van der Waals surface area contributed by atoms with Gasteiger partial charge in [0.05, 0.1) is 24.3 Å². The Hall–Kier alpha value is -2.95. The Bertz CT molecular complexity index is 1190. The number of carbonyl (C=O) groups excluding carboxylic acids is 1. The number of piperazine rings is 1. The van der Waals surface area contributed by atoms with Crippen molar-refractivity contribution in [2.75, 3.05) is 38.3 Å². The molecule has 3 aromatic rings. The average Bonchev–Trinajstić information content (AvgIpc) is 3.59. The van der Waals surface area contributed by atoms with Crippen LogP contribution in [0.1, 0.15) is 43.4 Å². The summed E-state index contributed by atoms with van der Waals surface area (Å²) < 4.78 is 6.31. The second-order valence-corrected chi connectivity index (χ2v) is 10.0. The van der Waals surface area contributed by atoms with E-state index in [-0.39, 0.29) is 11.9 Å². The molecular formula is C26H28N4O2S. The lowest BCUT2D eigenvalue weighted by Crippen LogP contribution is -2.54. The van der Waals surface area contributed by atoms with Crippen LogP contribution in [0.3, 0.4) is 0 Å². The minimum atomic E-state index is 0.0584. The van der Waals surface area contributed by atoms with Crippen LogP contribution < -0.4 is 4.90 Å². The Morgan fingerprint density at radius 2 is 2.09 bits per heavy atom. The summed E-state index contributed by atoms with van der Waals surface area (Å²) in [7, 11) is 1.61. The number of hydrogen-bond acceptors (Lipinski definition) is 6. The zero-order chi connectivity index (χ0) is 22.9. The quantitative estimate of drug-likeness (QED) is 0.529. The highest BCUT2D eigenvalue weighted by Crippen LogP contribution is 2.47. The van der Waals surface area contributed by atoms with E-state index in [9.17, 15) is 10.1 Å². The van der Waals surface area contributed by atoms with E-state index in [1.54, 1.807) is 18.4 Å². The minimum Gasteiger partial charge on any atom is -0.384 e. The van der Waals surface area contributed by atoms with Gasteiger partial charge in [0.15, 0.2) is 0 Å². The van der Waals surface area contributed by atoms with E-state index in [0.717, 1.165) is 29.9 Å². The molecule has 1 aliphatic heterocycles. The molecule has 1 aliphatic carbocycles. The highest BCUT2D eigenvalue weighted by atomic mass is 32.1. The SMILES string of the molecule is COCCC(=O)N1CCN(c2nc(C3CC3)c(-c3cc4ccccc4s3)cc2C#N)CC1C. The molecule has 1 atom stereocenters. The normalized spacial score (nSPS) is 18.5. The van der Waals surface area contributed by atoms with Gasteiger partial charge < -0.3 is 14.5 Å². The third-order valence-corrected chi connectivity index (χ3v) is 7.72. The Morgan fingerprint density at radius 3 is 2.79 bits per heavy atom. The van der Waals surface area contributed by atoms with Gasteiger partial charge in [-0.3, -0.25) is 4.79 Å². The molecule has 7 heteroatoms. The molecule has 33 heavy (non-hydrogen) atoms. The zero-order valence-electron chi connectivity index (χ0n) is 19.1. The first-order valence-corrected chi connectivity index (χ1v) is 12.4. The topological polar surface area (TPSA) is 69.5 Å². The van der Waals surface area contributed by atoms with Crippen LogP contribution in [0.15, 0.2) is 36.4 Å². The molecule has 2 aliphatic rings. The Balaban J connectivity index is 1.46. The third kappa shape index (κ3) is 4.33. The van der Waals surface area contributed by atoms with Crippen LogP contribution in [0.5, 0.6) is 0 Å². The van der Waals surface area contributed by atoms with Crippen molar-refractivity contribution >= 4 is 33.1 Å². The van der Waals surface area contributed by atoms with Gasteiger partial charge in [0.1, 0.15) is 11.9 Å². The second-order valence-electron chi connectivity index (χ2n) is 8.95. The summed E-state index contributed by atoms with van der Waals surface area (Å²) in [4.78, 5) is 22.9. The number of thiophene rings is 1. The molecule has 1 saturated carbocycles. The van der Waals surface area contributed by atoms with Crippen LogP contribution in [-0.2, 0) is 9.53 Å². The van der Waals surface area contributed by atoms with Gasteiger partial charge in [0.2, 0.25) is 5.91 Å². The predicted molar refractivity (Wildman–Crippen MR) is 132 cm³/mol. The molecule has 3 heterocycles. The summed E-state index contributed by atoms with van der Waals surface area (Å²) in [5.41, 5.74) is 2.82. The van der Waals surface area contributed by atoms with Crippen molar-refractivity contribution < 1.29 is 9.53 Å². The summed E-state index contributed by atoms with van der Waals surface area (Å²) in [5.74, 6) is 1.35. The van der Waals surface area contributed by atoms with Crippen LogP contribution >= 0.6 is 11.3 Å². The van der Waals surface area contributed by atoms with Gasteiger partial charge in [-0.1, -0.05) is 18.2 Å². The number of fused-ring (bicyclic) bond motifs is 1. The Kier molecular flexibility index (Phi) is 6.05. The number of benzene rings is 1. The van der Waals surface area contributed by atoms with E-state index >= 15 is 0 Å². The molecule has 1 unspecified atom stereocenters. The van der Waals surface area contributed by atoms with Crippen molar-refractivity contribution in [3.63, 3.8) is 0 Å². The van der Waals surface area contributed by atoms with Gasteiger partial charge in [-0.15, -0.1) is 11.3 Å². The third-order valence-electron chi connectivity index (χ3n) is 6.57. The summed E-state index contributed by atoms with van der Waals surface area (Å²) in [6.45, 7) is 4.49. The summed E-state index contributed by atoms with van der Waals surface area (Å²) >= 11 is 1.76. The first kappa shape index (κ1) is 21.9. The fourth-order valence-corrected chi connectivity index (χ4v) is 5.76. The number of carbonyl (C=O) groups is 1. The highest BCUT2D eigenvalue weighted by molar-refractivity contribution is 7.22. The number of amides is 1. The molecular weight excluding hydrogens is 432 g/mol. The molecule has 170 valence electrons. The molecule has 5 rings (SSSR count). The maximum Gasteiger partial charge on any atom is 0.225 e. The summed E-state index contributed by atoms with van der Waals surface area (Å²) in [6.07, 6.45) is 2.70. The number of anilines is 1. The van der Waals surface area contributed by atoms with Crippen LogP contribution in [0.25, 0.3) is 20.5 Å². The number of nitriles is 1. The van der Waals surface area contributed by atoms with Gasteiger partial charge in [-0.25, -0.2) is 4.98 Å². The number of hydrogen-bond donors (Lipinski definition) is 0. The van der Waals surface area contributed by atoms with E-state index in [2.05, 4.69) is 48.2 Å². The molecule has 6 nitrogen and oxygen atoms in total. The summed E-state index contributed by atoms with van der Waals surface area (Å²) in [5, 5.41) is 11.2. The number of ether oxygens (including phenoxy) is 1. The van der Waals surface area contributed by atoms with Crippen molar-refractivity contribution in [2.24, 2.45) is 0 Å². The van der Waals surface area contributed by atoms with Crippen molar-refractivity contribution in [3.8, 4) is 16.5 Å². The Morgan fingerprint density at radius 1 is 1.27 bits per heavy atom. The van der Waals surface area contributed by atoms with Gasteiger partial charge in [0.25, 0.3) is 0 Å². The fourth-order valence-electron chi connectivity index (χ4n) is 4.67. The maximum atomic E-state index is 12.5. The van der Waals surface area contributed by atoms with Crippen molar-refractivity contribution in [1.82, 2.24) is 9.88 Å². The number of aromatic nitrogens is 1. The Labute approximate surface area is 198 Å². The molecule has 2 aromatic heterocycles. The largest absolute Gasteiger partial charge is 0.384 e. The van der Waals surface area contributed by atoms with E-state index < -0.39 is 0 Å².